The van der Waals surface area contributed by atoms with Crippen LogP contribution < -0.4 is 4.74 Å². The summed E-state index contributed by atoms with van der Waals surface area (Å²) in [4.78, 5) is 14.9. The quantitative estimate of drug-likeness (QED) is 0.892. The predicted octanol–water partition coefficient (Wildman–Crippen LogP) is 4.25. The number of halogens is 3. The summed E-state index contributed by atoms with van der Waals surface area (Å²) in [6.45, 7) is 1.97. The molecular formula is C16H14F3NO3. The Bertz CT molecular complexity index is 714. The highest BCUT2D eigenvalue weighted by Gasteiger charge is 2.34. The average Bonchev–Trinajstić information content (AvgIpc) is 2.52. The standard InChI is InChI=1S/C16H14F3NO3/c1-2-7-23-14-4-3-10(8-12(14)16(17,18)19)13-9-11(15(21)22)5-6-20-13/h3-6,8-9H,2,7H2,1H3,(H,21,22). The van der Waals surface area contributed by atoms with Crippen LogP contribution in [0, 0.1) is 0 Å². The normalized spacial score (nSPS) is 11.3. The lowest BCUT2D eigenvalue weighted by Gasteiger charge is -2.15. The van der Waals surface area contributed by atoms with Gasteiger partial charge in [0.15, 0.2) is 0 Å². The number of nitrogens with zero attached hydrogens (tertiary/aromatic N) is 1. The topological polar surface area (TPSA) is 59.4 Å². The number of ether oxygens (including phenoxy) is 1. The van der Waals surface area contributed by atoms with Crippen LogP contribution in [0.1, 0.15) is 29.3 Å². The molecule has 1 aromatic carbocycles. The minimum atomic E-state index is -4.58. The Morgan fingerprint density at radius 1 is 1.26 bits per heavy atom. The fourth-order valence-electron chi connectivity index (χ4n) is 1.97. The highest BCUT2D eigenvalue weighted by Crippen LogP contribution is 2.38. The summed E-state index contributed by atoms with van der Waals surface area (Å²) in [5.74, 6) is -1.43. The molecule has 0 spiro atoms. The zero-order valence-corrected chi connectivity index (χ0v) is 12.2. The summed E-state index contributed by atoms with van der Waals surface area (Å²) in [7, 11) is 0. The van der Waals surface area contributed by atoms with Crippen molar-refractivity contribution in [3.63, 3.8) is 0 Å². The summed E-state index contributed by atoms with van der Waals surface area (Å²) in [6, 6.07) is 6.07. The number of carboxylic acid groups (broad SMARTS) is 1. The van der Waals surface area contributed by atoms with Gasteiger partial charge in [-0.2, -0.15) is 13.2 Å². The maximum absolute atomic E-state index is 13.2. The molecule has 7 heteroatoms. The van der Waals surface area contributed by atoms with E-state index in [0.29, 0.717) is 6.42 Å². The maximum atomic E-state index is 13.2. The second-order valence-electron chi connectivity index (χ2n) is 4.79. The van der Waals surface area contributed by atoms with Crippen molar-refractivity contribution in [2.45, 2.75) is 19.5 Å². The van der Waals surface area contributed by atoms with Crippen LogP contribution in [0.2, 0.25) is 0 Å². The van der Waals surface area contributed by atoms with Gasteiger partial charge in [0.05, 0.1) is 23.4 Å². The lowest BCUT2D eigenvalue weighted by Crippen LogP contribution is -2.09. The average molecular weight is 325 g/mol. The van der Waals surface area contributed by atoms with Crippen molar-refractivity contribution < 1.29 is 27.8 Å². The van der Waals surface area contributed by atoms with Gasteiger partial charge in [-0.1, -0.05) is 6.92 Å². The van der Waals surface area contributed by atoms with E-state index in [1.165, 1.54) is 30.5 Å². The van der Waals surface area contributed by atoms with Crippen molar-refractivity contribution in [3.05, 3.63) is 47.7 Å². The number of benzene rings is 1. The second-order valence-corrected chi connectivity index (χ2v) is 4.79. The van der Waals surface area contributed by atoms with Gasteiger partial charge in [-0.25, -0.2) is 4.79 Å². The summed E-state index contributed by atoms with van der Waals surface area (Å²) in [5.41, 5.74) is -0.637. The van der Waals surface area contributed by atoms with E-state index in [9.17, 15) is 18.0 Å². The number of hydrogen-bond donors (Lipinski definition) is 1. The summed E-state index contributed by atoms with van der Waals surface area (Å²) < 4.78 is 44.7. The van der Waals surface area contributed by atoms with Crippen molar-refractivity contribution in [1.82, 2.24) is 4.98 Å². The van der Waals surface area contributed by atoms with Crippen LogP contribution in [0.5, 0.6) is 5.75 Å². The van der Waals surface area contributed by atoms with Gasteiger partial charge in [0.1, 0.15) is 5.75 Å². The van der Waals surface area contributed by atoms with Gasteiger partial charge in [0.2, 0.25) is 0 Å². The van der Waals surface area contributed by atoms with E-state index in [2.05, 4.69) is 4.98 Å². The fourth-order valence-corrected chi connectivity index (χ4v) is 1.97. The van der Waals surface area contributed by atoms with E-state index in [1.54, 1.807) is 6.92 Å². The molecule has 2 aromatic rings. The van der Waals surface area contributed by atoms with Crippen LogP contribution in [0.4, 0.5) is 13.2 Å². The second kappa shape index (κ2) is 6.68. The smallest absolute Gasteiger partial charge is 0.419 e. The molecule has 0 bridgehead atoms. The molecule has 0 aliphatic rings. The number of pyridine rings is 1. The van der Waals surface area contributed by atoms with Crippen molar-refractivity contribution in [3.8, 4) is 17.0 Å². The molecule has 1 heterocycles. The van der Waals surface area contributed by atoms with Gasteiger partial charge < -0.3 is 9.84 Å². The van der Waals surface area contributed by atoms with Crippen molar-refractivity contribution in [1.29, 1.82) is 0 Å². The van der Waals surface area contributed by atoms with Gasteiger partial charge in [0.25, 0.3) is 0 Å². The zero-order valence-electron chi connectivity index (χ0n) is 12.2. The highest BCUT2D eigenvalue weighted by atomic mass is 19.4. The summed E-state index contributed by atoms with van der Waals surface area (Å²) in [5, 5.41) is 8.95. The third-order valence-electron chi connectivity index (χ3n) is 3.05. The Balaban J connectivity index is 2.48. The van der Waals surface area contributed by atoms with Gasteiger partial charge in [-0.05, 0) is 36.8 Å². The molecule has 0 saturated heterocycles. The van der Waals surface area contributed by atoms with Crippen molar-refractivity contribution in [2.75, 3.05) is 6.61 Å². The van der Waals surface area contributed by atoms with Crippen LogP contribution in [0.15, 0.2) is 36.5 Å². The molecule has 0 aliphatic heterocycles. The van der Waals surface area contributed by atoms with E-state index in [0.717, 1.165) is 6.07 Å². The third kappa shape index (κ3) is 4.00. The van der Waals surface area contributed by atoms with E-state index in [1.807, 2.05) is 0 Å². The molecule has 0 saturated carbocycles. The number of carbonyl (C=O) groups is 1. The summed E-state index contributed by atoms with van der Waals surface area (Å²) in [6.07, 6.45) is -2.75. The molecule has 0 unspecified atom stereocenters. The minimum Gasteiger partial charge on any atom is -0.493 e. The third-order valence-corrected chi connectivity index (χ3v) is 3.05. The highest BCUT2D eigenvalue weighted by molar-refractivity contribution is 5.88. The van der Waals surface area contributed by atoms with E-state index >= 15 is 0 Å². The van der Waals surface area contributed by atoms with E-state index in [-0.39, 0.29) is 29.2 Å². The lowest BCUT2D eigenvalue weighted by atomic mass is 10.0. The van der Waals surface area contributed by atoms with E-state index < -0.39 is 17.7 Å². The Morgan fingerprint density at radius 2 is 2.00 bits per heavy atom. The van der Waals surface area contributed by atoms with Gasteiger partial charge in [0, 0.05) is 11.8 Å². The largest absolute Gasteiger partial charge is 0.493 e. The SMILES string of the molecule is CCCOc1ccc(-c2cc(C(=O)O)ccn2)cc1C(F)(F)F. The van der Waals surface area contributed by atoms with Crippen LogP contribution in [0.25, 0.3) is 11.3 Å². The summed E-state index contributed by atoms with van der Waals surface area (Å²) >= 11 is 0. The number of aromatic carboxylic acids is 1. The Labute approximate surface area is 130 Å². The molecule has 1 N–H and O–H groups in total. The van der Waals surface area contributed by atoms with Gasteiger partial charge in [-0.15, -0.1) is 0 Å². The molecule has 23 heavy (non-hydrogen) atoms. The Morgan fingerprint density at radius 3 is 2.61 bits per heavy atom. The van der Waals surface area contributed by atoms with Crippen LogP contribution in [0.3, 0.4) is 0 Å². The molecule has 2 rings (SSSR count). The van der Waals surface area contributed by atoms with Gasteiger partial charge >= 0.3 is 12.1 Å². The van der Waals surface area contributed by atoms with Crippen molar-refractivity contribution >= 4 is 5.97 Å². The Hall–Kier alpha value is -2.57. The lowest BCUT2D eigenvalue weighted by molar-refractivity contribution is -0.138. The molecule has 0 atom stereocenters. The number of aromatic nitrogens is 1. The monoisotopic (exact) mass is 325 g/mol. The molecule has 0 fully saturated rings. The van der Waals surface area contributed by atoms with Crippen molar-refractivity contribution in [2.24, 2.45) is 0 Å². The first-order valence-electron chi connectivity index (χ1n) is 6.86. The first-order valence-corrected chi connectivity index (χ1v) is 6.86. The molecule has 122 valence electrons. The fraction of sp³-hybridized carbons (Fsp3) is 0.250. The number of carboxylic acids is 1. The van der Waals surface area contributed by atoms with Crippen LogP contribution in [-0.4, -0.2) is 22.7 Å². The van der Waals surface area contributed by atoms with E-state index in [4.69, 9.17) is 9.84 Å². The Kier molecular flexibility index (Phi) is 4.88. The zero-order chi connectivity index (χ0) is 17.0. The number of hydrogen-bond acceptors (Lipinski definition) is 3. The number of alkyl halides is 3. The first kappa shape index (κ1) is 16.8. The first-order chi connectivity index (χ1) is 10.8. The molecule has 0 aliphatic carbocycles. The maximum Gasteiger partial charge on any atom is 0.419 e. The molecule has 0 amide bonds. The number of rotatable bonds is 5. The molecule has 0 radical (unpaired) electrons. The minimum absolute atomic E-state index is 0.0464. The predicted molar refractivity (Wildman–Crippen MR) is 77.4 cm³/mol. The van der Waals surface area contributed by atoms with Crippen LogP contribution in [-0.2, 0) is 6.18 Å². The van der Waals surface area contributed by atoms with Gasteiger partial charge in [-0.3, -0.25) is 4.98 Å². The molecular weight excluding hydrogens is 311 g/mol. The molecule has 4 nitrogen and oxygen atoms in total. The molecule has 1 aromatic heterocycles. The van der Waals surface area contributed by atoms with Crippen LogP contribution >= 0.6 is 0 Å².